The molecule has 0 saturated heterocycles. The van der Waals surface area contributed by atoms with Crippen LogP contribution >= 0.6 is 0 Å². The fourth-order valence-corrected chi connectivity index (χ4v) is 2.51. The Bertz CT molecular complexity index is 1090. The summed E-state index contributed by atoms with van der Waals surface area (Å²) in [5.74, 6) is -1.49. The number of benzene rings is 1. The lowest BCUT2D eigenvalue weighted by Crippen LogP contribution is -2.37. The number of fused-ring (bicyclic) bond motifs is 1. The van der Waals surface area contributed by atoms with Crippen LogP contribution in [0, 0.1) is 18.6 Å². The number of aryl methyl sites for hydroxylation is 2. The third kappa shape index (κ3) is 2.36. The summed E-state index contributed by atoms with van der Waals surface area (Å²) < 4.78 is 29.2. The second-order valence-corrected chi connectivity index (χ2v) is 5.47. The van der Waals surface area contributed by atoms with Crippen LogP contribution in [0.3, 0.4) is 0 Å². The lowest BCUT2D eigenvalue weighted by molar-refractivity contribution is 0.586. The van der Waals surface area contributed by atoms with Gasteiger partial charge in [0.1, 0.15) is 17.0 Å². The molecule has 2 aromatic heterocycles. The number of anilines is 2. The van der Waals surface area contributed by atoms with Crippen molar-refractivity contribution in [1.29, 1.82) is 0 Å². The monoisotopic (exact) mass is 332 g/mol. The molecule has 124 valence electrons. The van der Waals surface area contributed by atoms with E-state index in [2.05, 4.69) is 10.3 Å². The van der Waals surface area contributed by atoms with Gasteiger partial charge in [-0.2, -0.15) is 0 Å². The van der Waals surface area contributed by atoms with E-state index in [9.17, 15) is 18.4 Å². The summed E-state index contributed by atoms with van der Waals surface area (Å²) in [6.45, 7) is 1.70. The Labute approximate surface area is 135 Å². The molecule has 2 heterocycles. The molecule has 0 unspecified atom stereocenters. The van der Waals surface area contributed by atoms with Gasteiger partial charge in [0.2, 0.25) is 0 Å². The molecule has 0 atom stereocenters. The number of pyridine rings is 1. The van der Waals surface area contributed by atoms with Gasteiger partial charge in [0.15, 0.2) is 5.65 Å². The topological polar surface area (TPSA) is 68.9 Å². The molecule has 0 radical (unpaired) electrons. The highest BCUT2D eigenvalue weighted by Gasteiger charge is 2.17. The maximum absolute atomic E-state index is 13.9. The average Bonchev–Trinajstić information content (AvgIpc) is 2.54. The van der Waals surface area contributed by atoms with E-state index in [1.165, 1.54) is 30.9 Å². The Morgan fingerprint density at radius 2 is 1.83 bits per heavy atom. The van der Waals surface area contributed by atoms with E-state index in [4.69, 9.17) is 0 Å². The van der Waals surface area contributed by atoms with Crippen LogP contribution in [0.1, 0.15) is 5.56 Å². The summed E-state index contributed by atoms with van der Waals surface area (Å²) >= 11 is 0. The highest BCUT2D eigenvalue weighted by molar-refractivity contribution is 5.92. The molecule has 0 spiro atoms. The number of hydrogen-bond acceptors (Lipinski definition) is 4. The number of rotatable bonds is 2. The average molecular weight is 332 g/mol. The predicted molar refractivity (Wildman–Crippen MR) is 86.6 cm³/mol. The van der Waals surface area contributed by atoms with Crippen LogP contribution in [-0.2, 0) is 14.1 Å². The minimum Gasteiger partial charge on any atom is -0.352 e. The summed E-state index contributed by atoms with van der Waals surface area (Å²) in [5, 5.41) is 2.97. The van der Waals surface area contributed by atoms with E-state index in [0.717, 1.165) is 16.7 Å². The highest BCUT2D eigenvalue weighted by atomic mass is 19.1. The summed E-state index contributed by atoms with van der Waals surface area (Å²) in [6.07, 6.45) is 1.48. The summed E-state index contributed by atoms with van der Waals surface area (Å²) in [6, 6.07) is 3.09. The minimum absolute atomic E-state index is 0.0166. The Hall–Kier alpha value is -3.03. The van der Waals surface area contributed by atoms with Crippen LogP contribution < -0.4 is 16.6 Å². The van der Waals surface area contributed by atoms with Gasteiger partial charge in [-0.1, -0.05) is 0 Å². The molecule has 0 amide bonds. The molecule has 0 saturated carbocycles. The molecule has 3 rings (SSSR count). The van der Waals surface area contributed by atoms with E-state index < -0.39 is 22.9 Å². The van der Waals surface area contributed by atoms with Gasteiger partial charge >= 0.3 is 5.69 Å². The molecule has 6 nitrogen and oxygen atoms in total. The quantitative estimate of drug-likeness (QED) is 0.779. The van der Waals surface area contributed by atoms with Gasteiger partial charge in [0, 0.05) is 26.4 Å². The molecule has 0 aliphatic heterocycles. The van der Waals surface area contributed by atoms with Crippen LogP contribution in [0.4, 0.5) is 20.2 Å². The molecule has 0 fully saturated rings. The van der Waals surface area contributed by atoms with Crippen molar-refractivity contribution >= 4 is 22.4 Å². The smallest absolute Gasteiger partial charge is 0.332 e. The third-order valence-electron chi connectivity index (χ3n) is 3.85. The van der Waals surface area contributed by atoms with Crippen molar-refractivity contribution in [2.75, 3.05) is 5.32 Å². The maximum atomic E-state index is 13.9. The summed E-state index contributed by atoms with van der Waals surface area (Å²) in [4.78, 5) is 28.7. The Kier molecular flexibility index (Phi) is 3.67. The Morgan fingerprint density at radius 1 is 1.12 bits per heavy atom. The van der Waals surface area contributed by atoms with Crippen LogP contribution in [0.25, 0.3) is 11.0 Å². The molecule has 24 heavy (non-hydrogen) atoms. The van der Waals surface area contributed by atoms with Crippen molar-refractivity contribution in [3.8, 4) is 0 Å². The van der Waals surface area contributed by atoms with E-state index in [0.29, 0.717) is 11.3 Å². The predicted octanol–water partition coefficient (Wildman–Crippen LogP) is 1.96. The fourth-order valence-electron chi connectivity index (χ4n) is 2.51. The molecule has 1 N–H and O–H groups in total. The van der Waals surface area contributed by atoms with Gasteiger partial charge in [-0.25, -0.2) is 18.6 Å². The normalized spacial score (nSPS) is 11.0. The number of aromatic nitrogens is 3. The third-order valence-corrected chi connectivity index (χ3v) is 3.85. The molecule has 0 aliphatic rings. The molecule has 0 bridgehead atoms. The van der Waals surface area contributed by atoms with Crippen molar-refractivity contribution < 1.29 is 8.78 Å². The lowest BCUT2D eigenvalue weighted by atomic mass is 10.1. The van der Waals surface area contributed by atoms with Crippen LogP contribution in [0.15, 0.2) is 34.0 Å². The summed E-state index contributed by atoms with van der Waals surface area (Å²) in [7, 11) is 2.85. The minimum atomic E-state index is -0.791. The number of halogens is 2. The molecular weight excluding hydrogens is 318 g/mol. The number of nitrogens with zero attached hydrogens (tertiary/aromatic N) is 3. The zero-order chi connectivity index (χ0) is 17.6. The fraction of sp³-hybridized carbons (Fsp3) is 0.188. The van der Waals surface area contributed by atoms with Crippen LogP contribution in [0.2, 0.25) is 0 Å². The van der Waals surface area contributed by atoms with Crippen molar-refractivity contribution in [1.82, 2.24) is 14.1 Å². The zero-order valence-electron chi connectivity index (χ0n) is 13.2. The van der Waals surface area contributed by atoms with Gasteiger partial charge < -0.3 is 5.32 Å². The summed E-state index contributed by atoms with van der Waals surface area (Å²) in [5.41, 5.74) is 0.0439. The van der Waals surface area contributed by atoms with Gasteiger partial charge in [-0.15, -0.1) is 0 Å². The van der Waals surface area contributed by atoms with Gasteiger partial charge in [0.25, 0.3) is 5.56 Å². The lowest BCUT2D eigenvalue weighted by Gasteiger charge is -2.15. The largest absolute Gasteiger partial charge is 0.352 e. The maximum Gasteiger partial charge on any atom is 0.332 e. The first kappa shape index (κ1) is 15.9. The van der Waals surface area contributed by atoms with E-state index in [1.807, 2.05) is 0 Å². The van der Waals surface area contributed by atoms with Crippen molar-refractivity contribution in [3.63, 3.8) is 0 Å². The first-order valence-electron chi connectivity index (χ1n) is 7.08. The molecule has 0 aliphatic carbocycles. The van der Waals surface area contributed by atoms with E-state index in [-0.39, 0.29) is 16.7 Å². The number of nitrogens with one attached hydrogen (secondary N) is 1. The van der Waals surface area contributed by atoms with Crippen molar-refractivity contribution in [2.24, 2.45) is 14.1 Å². The first-order valence-corrected chi connectivity index (χ1v) is 7.08. The van der Waals surface area contributed by atoms with E-state index in [1.54, 1.807) is 6.92 Å². The standard InChI is InChI=1S/C16H14F2N4O2/c1-8-7-19-14-12(15(23)22(3)16(24)21(14)2)13(8)20-11-5-4-9(17)6-10(11)18/h4-7H,1-3H3,(H,19,20). The second kappa shape index (κ2) is 5.55. The number of hydrogen-bond donors (Lipinski definition) is 1. The Balaban J connectivity index is 2.34. The van der Waals surface area contributed by atoms with Gasteiger partial charge in [-0.05, 0) is 24.6 Å². The molecule has 8 heteroatoms. The van der Waals surface area contributed by atoms with Crippen molar-refractivity contribution in [3.05, 3.63) is 62.4 Å². The second-order valence-electron chi connectivity index (χ2n) is 5.47. The van der Waals surface area contributed by atoms with Gasteiger partial charge in [-0.3, -0.25) is 13.9 Å². The SMILES string of the molecule is Cc1cnc2c(c1Nc1ccc(F)cc1F)c(=O)n(C)c(=O)n2C. The molecular formula is C16H14F2N4O2. The van der Waals surface area contributed by atoms with Crippen molar-refractivity contribution in [2.45, 2.75) is 6.92 Å². The highest BCUT2D eigenvalue weighted by Crippen LogP contribution is 2.27. The van der Waals surface area contributed by atoms with Gasteiger partial charge in [0.05, 0.1) is 11.4 Å². The van der Waals surface area contributed by atoms with E-state index >= 15 is 0 Å². The zero-order valence-corrected chi connectivity index (χ0v) is 13.2. The Morgan fingerprint density at radius 3 is 2.50 bits per heavy atom. The van der Waals surface area contributed by atoms with Crippen LogP contribution in [-0.4, -0.2) is 14.1 Å². The first-order chi connectivity index (χ1) is 11.3. The molecule has 3 aromatic rings. The molecule has 1 aromatic carbocycles. The van der Waals surface area contributed by atoms with Crippen LogP contribution in [0.5, 0.6) is 0 Å².